The van der Waals surface area contributed by atoms with Crippen molar-refractivity contribution in [3.63, 3.8) is 0 Å². The molecule has 4 aromatic carbocycles. The zero-order valence-corrected chi connectivity index (χ0v) is 23.4. The molecule has 0 unspecified atom stereocenters. The second-order valence-corrected chi connectivity index (χ2v) is 10.8. The Morgan fingerprint density at radius 3 is 2.07 bits per heavy atom. The lowest BCUT2D eigenvalue weighted by Gasteiger charge is -2.32. The fraction of sp³-hybridized carbons (Fsp3) is 0.257. The highest BCUT2D eigenvalue weighted by Crippen LogP contribution is 2.26. The molecule has 1 aliphatic rings. The second-order valence-electron chi connectivity index (χ2n) is 10.8. The van der Waals surface area contributed by atoms with Gasteiger partial charge in [-0.3, -0.25) is 14.5 Å². The van der Waals surface area contributed by atoms with E-state index in [-0.39, 0.29) is 11.8 Å². The third-order valence-electron chi connectivity index (χ3n) is 7.84. The molecular weight excluding hydrogens is 508 g/mol. The average molecular weight is 547 g/mol. The van der Waals surface area contributed by atoms with Crippen LogP contribution in [0.4, 0.5) is 5.69 Å². The van der Waals surface area contributed by atoms with E-state index in [4.69, 9.17) is 5.73 Å². The Morgan fingerprint density at radius 1 is 0.732 bits per heavy atom. The first-order valence-electron chi connectivity index (χ1n) is 14.4. The van der Waals surface area contributed by atoms with Gasteiger partial charge in [0.2, 0.25) is 0 Å². The number of likely N-dealkylation sites (tertiary alicyclic amines) is 1. The molecule has 0 bridgehead atoms. The van der Waals surface area contributed by atoms with Gasteiger partial charge in [-0.2, -0.15) is 0 Å². The van der Waals surface area contributed by atoms with Crippen LogP contribution in [0.5, 0.6) is 0 Å². The number of amides is 2. The molecule has 41 heavy (non-hydrogen) atoms. The summed E-state index contributed by atoms with van der Waals surface area (Å²) in [5, 5.41) is 6.08. The average Bonchev–Trinajstić information content (AvgIpc) is 3.02. The largest absolute Gasteiger partial charge is 0.348 e. The summed E-state index contributed by atoms with van der Waals surface area (Å²) in [5.41, 5.74) is 11.9. The van der Waals surface area contributed by atoms with Crippen molar-refractivity contribution in [3.8, 4) is 0 Å². The molecule has 0 spiro atoms. The predicted octanol–water partition coefficient (Wildman–Crippen LogP) is 5.78. The molecule has 0 aliphatic carbocycles. The normalized spacial score (nSPS) is 14.0. The number of nitrogens with one attached hydrogen (secondary N) is 2. The van der Waals surface area contributed by atoms with E-state index in [9.17, 15) is 9.59 Å². The van der Waals surface area contributed by atoms with Gasteiger partial charge in [0.1, 0.15) is 0 Å². The van der Waals surface area contributed by atoms with Crippen molar-refractivity contribution in [3.05, 3.63) is 137 Å². The lowest BCUT2D eigenvalue weighted by Crippen LogP contribution is -2.34. The quantitative estimate of drug-likeness (QED) is 0.235. The predicted molar refractivity (Wildman–Crippen MR) is 164 cm³/mol. The third-order valence-corrected chi connectivity index (χ3v) is 7.84. The summed E-state index contributed by atoms with van der Waals surface area (Å²) in [7, 11) is 0. The van der Waals surface area contributed by atoms with Crippen LogP contribution in [-0.2, 0) is 26.1 Å². The number of carbonyl (C=O) groups excluding carboxylic acids is 2. The molecular formula is C35H38N4O2. The minimum absolute atomic E-state index is 0.184. The fourth-order valence-electron chi connectivity index (χ4n) is 5.37. The number of rotatable bonds is 10. The number of benzene rings is 4. The first kappa shape index (κ1) is 28.3. The summed E-state index contributed by atoms with van der Waals surface area (Å²) in [6, 6.07) is 33.4. The molecule has 0 radical (unpaired) electrons. The highest BCUT2D eigenvalue weighted by atomic mass is 16.2. The van der Waals surface area contributed by atoms with Gasteiger partial charge in [0.05, 0.1) is 0 Å². The smallest absolute Gasteiger partial charge is 0.255 e. The Morgan fingerprint density at radius 2 is 1.39 bits per heavy atom. The van der Waals surface area contributed by atoms with Crippen LogP contribution in [0.25, 0.3) is 0 Å². The van der Waals surface area contributed by atoms with Crippen LogP contribution in [-0.4, -0.2) is 29.8 Å². The highest BCUT2D eigenvalue weighted by Gasteiger charge is 2.21. The number of hydrogen-bond acceptors (Lipinski definition) is 4. The number of hydrogen-bond donors (Lipinski definition) is 3. The van der Waals surface area contributed by atoms with Crippen LogP contribution in [0.3, 0.4) is 0 Å². The van der Waals surface area contributed by atoms with Gasteiger partial charge in [-0.05, 0) is 84.8 Å². The summed E-state index contributed by atoms with van der Waals surface area (Å²) >= 11 is 0. The summed E-state index contributed by atoms with van der Waals surface area (Å²) in [5.74, 6) is 0.311. The first-order valence-corrected chi connectivity index (χ1v) is 14.4. The maximum absolute atomic E-state index is 13.1. The van der Waals surface area contributed by atoms with Crippen LogP contribution in [0, 0.1) is 5.92 Å². The van der Waals surface area contributed by atoms with Crippen molar-refractivity contribution in [1.29, 1.82) is 0 Å². The van der Waals surface area contributed by atoms with Gasteiger partial charge in [0.15, 0.2) is 0 Å². The Bertz CT molecular complexity index is 1430. The summed E-state index contributed by atoms with van der Waals surface area (Å²) in [4.78, 5) is 28.6. The van der Waals surface area contributed by atoms with E-state index in [1.165, 1.54) is 5.56 Å². The van der Waals surface area contributed by atoms with Gasteiger partial charge in [-0.25, -0.2) is 0 Å². The number of nitrogens with zero attached hydrogens (tertiary/aromatic N) is 1. The molecule has 6 heteroatoms. The van der Waals surface area contributed by atoms with Crippen molar-refractivity contribution >= 4 is 17.5 Å². The van der Waals surface area contributed by atoms with E-state index in [1.807, 2.05) is 54.6 Å². The topological polar surface area (TPSA) is 87.5 Å². The van der Waals surface area contributed by atoms with Gasteiger partial charge in [0.25, 0.3) is 11.8 Å². The van der Waals surface area contributed by atoms with Gasteiger partial charge >= 0.3 is 0 Å². The molecule has 1 heterocycles. The van der Waals surface area contributed by atoms with E-state index in [1.54, 1.807) is 18.2 Å². The molecule has 2 amide bonds. The molecule has 0 aromatic heterocycles. The molecule has 1 aliphatic heterocycles. The maximum atomic E-state index is 13.1. The number of carbonyl (C=O) groups is 2. The first-order chi connectivity index (χ1) is 20.1. The minimum atomic E-state index is -0.189. The molecule has 0 saturated carbocycles. The van der Waals surface area contributed by atoms with Crippen LogP contribution in [0.15, 0.2) is 103 Å². The second kappa shape index (κ2) is 13.9. The Balaban J connectivity index is 1.26. The molecule has 4 aromatic rings. The van der Waals surface area contributed by atoms with Crippen molar-refractivity contribution in [1.82, 2.24) is 10.2 Å². The third kappa shape index (κ3) is 7.91. The van der Waals surface area contributed by atoms with Crippen molar-refractivity contribution < 1.29 is 9.59 Å². The zero-order valence-electron chi connectivity index (χ0n) is 23.4. The summed E-state index contributed by atoms with van der Waals surface area (Å²) in [6.07, 6.45) is 3.41. The van der Waals surface area contributed by atoms with Crippen molar-refractivity contribution in [2.45, 2.75) is 38.9 Å². The molecule has 5 rings (SSSR count). The molecule has 210 valence electrons. The van der Waals surface area contributed by atoms with E-state index < -0.39 is 0 Å². The lowest BCUT2D eigenvalue weighted by atomic mass is 9.90. The van der Waals surface area contributed by atoms with Crippen LogP contribution in [0.1, 0.15) is 55.8 Å². The van der Waals surface area contributed by atoms with E-state index >= 15 is 0 Å². The van der Waals surface area contributed by atoms with Gasteiger partial charge in [-0.15, -0.1) is 0 Å². The molecule has 4 N–H and O–H groups in total. The maximum Gasteiger partial charge on any atom is 0.255 e. The van der Waals surface area contributed by atoms with Gasteiger partial charge in [0, 0.05) is 36.4 Å². The zero-order chi connectivity index (χ0) is 28.4. The molecule has 1 fully saturated rings. The van der Waals surface area contributed by atoms with Crippen LogP contribution in [0.2, 0.25) is 0 Å². The summed E-state index contributed by atoms with van der Waals surface area (Å²) in [6.45, 7) is 3.64. The summed E-state index contributed by atoms with van der Waals surface area (Å²) < 4.78 is 0. The Kier molecular flexibility index (Phi) is 9.57. The van der Waals surface area contributed by atoms with Gasteiger partial charge in [-0.1, -0.05) is 78.9 Å². The standard InChI is InChI=1S/C35H38N4O2/c36-23-28-11-13-29(14-12-28)24-37-34(40)31-15-16-32(33(22-31)38-35(41)30-9-5-2-6-10-30)25-39-19-17-27(18-20-39)21-26-7-3-1-4-8-26/h1-16,22,27H,17-21,23-25,36H2,(H,37,40)(H,38,41). The molecule has 6 nitrogen and oxygen atoms in total. The van der Waals surface area contributed by atoms with Crippen molar-refractivity contribution in [2.24, 2.45) is 11.7 Å². The SMILES string of the molecule is NCc1ccc(CNC(=O)c2ccc(CN3CCC(Cc4ccccc4)CC3)c(NC(=O)c3ccccc3)c2)cc1. The van der Waals surface area contributed by atoms with E-state index in [0.717, 1.165) is 55.6 Å². The van der Waals surface area contributed by atoms with E-state index in [0.29, 0.717) is 35.8 Å². The molecule has 0 atom stereocenters. The Labute approximate surface area is 242 Å². The van der Waals surface area contributed by atoms with Crippen LogP contribution >= 0.6 is 0 Å². The van der Waals surface area contributed by atoms with Crippen molar-refractivity contribution in [2.75, 3.05) is 18.4 Å². The van der Waals surface area contributed by atoms with E-state index in [2.05, 4.69) is 45.9 Å². The van der Waals surface area contributed by atoms with Gasteiger partial charge < -0.3 is 16.4 Å². The number of piperidine rings is 1. The lowest BCUT2D eigenvalue weighted by molar-refractivity contribution is 0.0949. The Hall–Kier alpha value is -4.26. The number of nitrogens with two attached hydrogens (primary N) is 1. The minimum Gasteiger partial charge on any atom is -0.348 e. The number of anilines is 1. The highest BCUT2D eigenvalue weighted by molar-refractivity contribution is 6.05. The van der Waals surface area contributed by atoms with Crippen LogP contribution < -0.4 is 16.4 Å². The fourth-order valence-corrected chi connectivity index (χ4v) is 5.37. The molecule has 1 saturated heterocycles. The monoisotopic (exact) mass is 546 g/mol.